The molecule has 6 heteroatoms. The minimum Gasteiger partial charge on any atom is -0.493 e. The zero-order valence-corrected chi connectivity index (χ0v) is 15.6. The summed E-state index contributed by atoms with van der Waals surface area (Å²) in [5.41, 5.74) is 1.63. The number of carbonyl (C=O) groups excluding carboxylic acids is 2. The number of nitrogens with zero attached hydrogens (tertiary/aromatic N) is 2. The van der Waals surface area contributed by atoms with Gasteiger partial charge >= 0.3 is 5.97 Å². The van der Waals surface area contributed by atoms with Crippen molar-refractivity contribution in [3.63, 3.8) is 0 Å². The molecule has 0 aliphatic rings. The molecule has 3 aromatic rings. The number of nitriles is 1. The maximum Gasteiger partial charge on any atom is 0.342 e. The Morgan fingerprint density at radius 2 is 1.82 bits per heavy atom. The highest BCUT2D eigenvalue weighted by Gasteiger charge is 2.19. The Labute approximate surface area is 162 Å². The number of hydrogen-bond acceptors (Lipinski definition) is 5. The van der Waals surface area contributed by atoms with Gasteiger partial charge in [-0.3, -0.25) is 4.79 Å². The molecule has 0 saturated heterocycles. The molecule has 0 spiro atoms. The van der Waals surface area contributed by atoms with E-state index in [0.717, 1.165) is 10.9 Å². The van der Waals surface area contributed by atoms with E-state index >= 15 is 0 Å². The lowest BCUT2D eigenvalue weighted by Crippen LogP contribution is -2.15. The molecule has 142 valence electrons. The number of benzene rings is 2. The van der Waals surface area contributed by atoms with Crippen LogP contribution in [-0.4, -0.2) is 29.5 Å². The van der Waals surface area contributed by atoms with Gasteiger partial charge in [-0.25, -0.2) is 4.79 Å². The second-order valence-corrected chi connectivity index (χ2v) is 6.09. The first-order valence-electron chi connectivity index (χ1n) is 9.02. The van der Waals surface area contributed by atoms with Crippen molar-refractivity contribution in [1.82, 2.24) is 4.57 Å². The number of aryl methyl sites for hydroxylation is 1. The maximum atomic E-state index is 12.7. The van der Waals surface area contributed by atoms with Gasteiger partial charge in [0.25, 0.3) is 0 Å². The summed E-state index contributed by atoms with van der Waals surface area (Å²) in [6, 6.07) is 16.3. The molecule has 2 aromatic carbocycles. The van der Waals surface area contributed by atoms with E-state index in [0.29, 0.717) is 30.9 Å². The molecular weight excluding hydrogens is 356 g/mol. The minimum atomic E-state index is -0.606. The summed E-state index contributed by atoms with van der Waals surface area (Å²) in [7, 11) is 0. The van der Waals surface area contributed by atoms with Crippen molar-refractivity contribution < 1.29 is 19.1 Å². The molecule has 0 saturated carbocycles. The van der Waals surface area contributed by atoms with Crippen molar-refractivity contribution in [3.8, 4) is 11.8 Å². The molecule has 0 radical (unpaired) electrons. The predicted molar refractivity (Wildman–Crippen MR) is 104 cm³/mol. The number of carbonyl (C=O) groups is 2. The predicted octanol–water partition coefficient (Wildman–Crippen LogP) is 3.99. The second-order valence-electron chi connectivity index (χ2n) is 6.09. The molecule has 0 aliphatic heterocycles. The number of ether oxygens (including phenoxy) is 2. The Morgan fingerprint density at radius 3 is 2.61 bits per heavy atom. The van der Waals surface area contributed by atoms with Gasteiger partial charge in [-0.2, -0.15) is 5.26 Å². The van der Waals surface area contributed by atoms with E-state index in [4.69, 9.17) is 14.7 Å². The quantitative estimate of drug-likeness (QED) is 0.438. The van der Waals surface area contributed by atoms with Gasteiger partial charge in [0.2, 0.25) is 5.78 Å². The van der Waals surface area contributed by atoms with E-state index in [9.17, 15) is 9.59 Å². The SMILES string of the molecule is CCOc1ccccc1C(=O)OCC(=O)c1cn(CCC#N)c2ccccc12. The number of aromatic nitrogens is 1. The minimum absolute atomic E-state index is 0.286. The van der Waals surface area contributed by atoms with E-state index in [-0.39, 0.29) is 18.0 Å². The smallest absolute Gasteiger partial charge is 0.342 e. The molecule has 0 bridgehead atoms. The first-order valence-corrected chi connectivity index (χ1v) is 9.02. The molecule has 28 heavy (non-hydrogen) atoms. The molecule has 1 aromatic heterocycles. The third-order valence-corrected chi connectivity index (χ3v) is 4.29. The number of Topliss-reactive ketones (excluding diaryl/α,β-unsaturated/α-hetero) is 1. The van der Waals surface area contributed by atoms with E-state index in [1.54, 1.807) is 30.5 Å². The van der Waals surface area contributed by atoms with Crippen LogP contribution in [0, 0.1) is 11.3 Å². The maximum absolute atomic E-state index is 12.7. The molecule has 0 unspecified atom stereocenters. The third-order valence-electron chi connectivity index (χ3n) is 4.29. The van der Waals surface area contributed by atoms with Crippen molar-refractivity contribution >= 4 is 22.7 Å². The summed E-state index contributed by atoms with van der Waals surface area (Å²) in [6.45, 7) is 2.37. The van der Waals surface area contributed by atoms with Gasteiger partial charge in [0.1, 0.15) is 11.3 Å². The Kier molecular flexibility index (Phi) is 6.07. The van der Waals surface area contributed by atoms with Gasteiger partial charge < -0.3 is 14.0 Å². The monoisotopic (exact) mass is 376 g/mol. The fraction of sp³-hybridized carbons (Fsp3) is 0.227. The van der Waals surface area contributed by atoms with Gasteiger partial charge in [0.05, 0.1) is 19.1 Å². The highest BCUT2D eigenvalue weighted by atomic mass is 16.5. The summed E-state index contributed by atoms with van der Waals surface area (Å²) in [5, 5.41) is 9.61. The van der Waals surface area contributed by atoms with Crippen molar-refractivity contribution in [1.29, 1.82) is 5.26 Å². The van der Waals surface area contributed by atoms with Crippen LogP contribution >= 0.6 is 0 Å². The first-order chi connectivity index (χ1) is 13.7. The number of ketones is 1. The topological polar surface area (TPSA) is 81.3 Å². The fourth-order valence-corrected chi connectivity index (χ4v) is 3.03. The van der Waals surface area contributed by atoms with Crippen LogP contribution < -0.4 is 4.74 Å². The van der Waals surface area contributed by atoms with Crippen LogP contribution in [0.2, 0.25) is 0 Å². The van der Waals surface area contributed by atoms with Crippen LogP contribution in [0.1, 0.15) is 34.1 Å². The van der Waals surface area contributed by atoms with Gasteiger partial charge in [0.15, 0.2) is 6.61 Å². The van der Waals surface area contributed by atoms with Crippen LogP contribution in [0.15, 0.2) is 54.7 Å². The highest BCUT2D eigenvalue weighted by molar-refractivity contribution is 6.09. The molecule has 0 aliphatic carbocycles. The van der Waals surface area contributed by atoms with Gasteiger partial charge in [-0.05, 0) is 25.1 Å². The first kappa shape index (κ1) is 19.2. The lowest BCUT2D eigenvalue weighted by atomic mass is 10.1. The van der Waals surface area contributed by atoms with Crippen LogP contribution in [0.3, 0.4) is 0 Å². The zero-order valence-electron chi connectivity index (χ0n) is 15.6. The summed E-state index contributed by atoms with van der Waals surface area (Å²) >= 11 is 0. The summed E-state index contributed by atoms with van der Waals surface area (Å²) < 4.78 is 12.5. The molecular formula is C22H20N2O4. The van der Waals surface area contributed by atoms with Crippen LogP contribution in [0.4, 0.5) is 0 Å². The zero-order chi connectivity index (χ0) is 19.9. The van der Waals surface area contributed by atoms with Crippen LogP contribution in [0.5, 0.6) is 5.75 Å². The van der Waals surface area contributed by atoms with Crippen molar-refractivity contribution in [2.24, 2.45) is 0 Å². The normalized spacial score (nSPS) is 10.4. The van der Waals surface area contributed by atoms with Crippen molar-refractivity contribution in [3.05, 3.63) is 65.9 Å². The molecule has 0 amide bonds. The fourth-order valence-electron chi connectivity index (χ4n) is 3.03. The molecule has 6 nitrogen and oxygen atoms in total. The Balaban J connectivity index is 1.77. The molecule has 0 N–H and O–H groups in total. The summed E-state index contributed by atoms with van der Waals surface area (Å²) in [5.74, 6) is -0.477. The number of rotatable bonds is 8. The van der Waals surface area contributed by atoms with E-state index in [2.05, 4.69) is 6.07 Å². The summed E-state index contributed by atoms with van der Waals surface area (Å²) in [6.07, 6.45) is 2.06. The van der Waals surface area contributed by atoms with E-state index < -0.39 is 5.97 Å². The standard InChI is InChI=1S/C22H20N2O4/c1-2-27-21-11-6-4-9-17(21)22(26)28-15-20(25)18-14-24(13-7-12-23)19-10-5-3-8-16(18)19/h3-6,8-11,14H,2,7,13,15H2,1H3. The average molecular weight is 376 g/mol. The number of esters is 1. The van der Waals surface area contributed by atoms with Gasteiger partial charge in [0, 0.05) is 29.2 Å². The molecule has 3 rings (SSSR count). The summed E-state index contributed by atoms with van der Waals surface area (Å²) in [4.78, 5) is 25.1. The molecule has 0 atom stereocenters. The third kappa shape index (κ3) is 4.04. The number of hydrogen-bond donors (Lipinski definition) is 0. The van der Waals surface area contributed by atoms with Crippen LogP contribution in [-0.2, 0) is 11.3 Å². The number of fused-ring (bicyclic) bond motifs is 1. The molecule has 0 fully saturated rings. The lowest BCUT2D eigenvalue weighted by Gasteiger charge is -2.09. The average Bonchev–Trinajstić information content (AvgIpc) is 3.10. The van der Waals surface area contributed by atoms with Crippen LogP contribution in [0.25, 0.3) is 10.9 Å². The van der Waals surface area contributed by atoms with E-state index in [1.807, 2.05) is 35.8 Å². The van der Waals surface area contributed by atoms with Crippen molar-refractivity contribution in [2.75, 3.05) is 13.2 Å². The van der Waals surface area contributed by atoms with Gasteiger partial charge in [-0.1, -0.05) is 30.3 Å². The van der Waals surface area contributed by atoms with E-state index in [1.165, 1.54) is 0 Å². The Morgan fingerprint density at radius 1 is 1.07 bits per heavy atom. The number of para-hydroxylation sites is 2. The molecule has 1 heterocycles. The Hall–Kier alpha value is -3.59. The second kappa shape index (κ2) is 8.87. The Bertz CT molecular complexity index is 1050. The van der Waals surface area contributed by atoms with Gasteiger partial charge in [-0.15, -0.1) is 0 Å². The highest BCUT2D eigenvalue weighted by Crippen LogP contribution is 2.23. The largest absolute Gasteiger partial charge is 0.493 e. The van der Waals surface area contributed by atoms with Crippen molar-refractivity contribution in [2.45, 2.75) is 19.9 Å². The lowest BCUT2D eigenvalue weighted by molar-refractivity contribution is 0.0471.